The highest BCUT2D eigenvalue weighted by Gasteiger charge is 2.09. The average molecular weight is 305 g/mol. The molecular formula is C18H15N3O2. The molecule has 0 radical (unpaired) electrons. The average Bonchev–Trinajstić information content (AvgIpc) is 2.59. The van der Waals surface area contributed by atoms with Crippen LogP contribution < -0.4 is 5.43 Å². The van der Waals surface area contributed by atoms with Crippen molar-refractivity contribution in [2.24, 2.45) is 5.10 Å². The summed E-state index contributed by atoms with van der Waals surface area (Å²) < 4.78 is 0. The summed E-state index contributed by atoms with van der Waals surface area (Å²) in [6, 6.07) is 17.9. The van der Waals surface area contributed by atoms with Gasteiger partial charge in [0.2, 0.25) is 0 Å². The summed E-state index contributed by atoms with van der Waals surface area (Å²) >= 11 is 0. The van der Waals surface area contributed by atoms with Gasteiger partial charge in [-0.25, -0.2) is 10.4 Å². The molecule has 0 fully saturated rings. The van der Waals surface area contributed by atoms with Crippen molar-refractivity contribution < 1.29 is 9.90 Å². The van der Waals surface area contributed by atoms with Gasteiger partial charge in [0.15, 0.2) is 0 Å². The molecule has 5 heteroatoms. The number of amides is 1. The van der Waals surface area contributed by atoms with Crippen molar-refractivity contribution in [3.63, 3.8) is 0 Å². The van der Waals surface area contributed by atoms with E-state index in [0.717, 1.165) is 10.9 Å². The van der Waals surface area contributed by atoms with Crippen LogP contribution in [0.1, 0.15) is 23.0 Å². The van der Waals surface area contributed by atoms with Crippen molar-refractivity contribution in [1.29, 1.82) is 0 Å². The van der Waals surface area contributed by atoms with Gasteiger partial charge in [-0.2, -0.15) is 5.10 Å². The first-order valence-corrected chi connectivity index (χ1v) is 7.14. The molecule has 0 spiro atoms. The number of aromatic hydroxyl groups is 1. The van der Waals surface area contributed by atoms with Crippen LogP contribution in [0.5, 0.6) is 5.75 Å². The fourth-order valence-corrected chi connectivity index (χ4v) is 2.19. The predicted octanol–water partition coefficient (Wildman–Crippen LogP) is 3.09. The molecule has 3 rings (SSSR count). The molecule has 0 saturated carbocycles. The second-order valence-corrected chi connectivity index (χ2v) is 5.04. The van der Waals surface area contributed by atoms with Crippen LogP contribution in [0.25, 0.3) is 10.9 Å². The molecule has 0 saturated heterocycles. The SMILES string of the molecule is C/C(=N\NC(=O)c1ccccc1O)c1ccc2ccccc2n1. The molecule has 3 aromatic rings. The number of nitrogens with one attached hydrogen (secondary N) is 1. The number of carbonyl (C=O) groups is 1. The van der Waals surface area contributed by atoms with Crippen LogP contribution >= 0.6 is 0 Å². The number of nitrogens with zero attached hydrogens (tertiary/aromatic N) is 2. The molecule has 1 heterocycles. The quantitative estimate of drug-likeness (QED) is 0.577. The zero-order valence-corrected chi connectivity index (χ0v) is 12.5. The Morgan fingerprint density at radius 2 is 1.78 bits per heavy atom. The lowest BCUT2D eigenvalue weighted by atomic mass is 10.2. The van der Waals surface area contributed by atoms with Gasteiger partial charge < -0.3 is 5.11 Å². The van der Waals surface area contributed by atoms with Crippen molar-refractivity contribution >= 4 is 22.5 Å². The lowest BCUT2D eigenvalue weighted by Gasteiger charge is -2.05. The monoisotopic (exact) mass is 305 g/mol. The summed E-state index contributed by atoms with van der Waals surface area (Å²) in [7, 11) is 0. The fraction of sp³-hybridized carbons (Fsp3) is 0.0556. The van der Waals surface area contributed by atoms with Crippen LogP contribution in [0, 0.1) is 0 Å². The molecule has 2 N–H and O–H groups in total. The molecule has 0 unspecified atom stereocenters. The molecule has 1 amide bonds. The normalized spacial score (nSPS) is 11.4. The van der Waals surface area contributed by atoms with Gasteiger partial charge in [0.05, 0.1) is 22.5 Å². The summed E-state index contributed by atoms with van der Waals surface area (Å²) in [5.41, 5.74) is 4.74. The second kappa shape index (κ2) is 6.27. The number of carbonyl (C=O) groups excluding carboxylic acids is 1. The van der Waals surface area contributed by atoms with Crippen LogP contribution in [0.2, 0.25) is 0 Å². The number of hydrazone groups is 1. The number of aromatic nitrogens is 1. The highest BCUT2D eigenvalue weighted by Crippen LogP contribution is 2.15. The Labute approximate surface area is 133 Å². The number of phenolic OH excluding ortho intramolecular Hbond substituents is 1. The van der Waals surface area contributed by atoms with Gasteiger partial charge in [-0.1, -0.05) is 36.4 Å². The highest BCUT2D eigenvalue weighted by molar-refractivity contribution is 6.01. The standard InChI is InChI=1S/C18H15N3O2/c1-12(15-11-10-13-6-2-4-8-16(13)19-15)20-21-18(23)14-7-3-5-9-17(14)22/h2-11,22H,1H3,(H,21,23)/b20-12+. The number of hydrogen-bond donors (Lipinski definition) is 2. The van der Waals surface area contributed by atoms with Crippen molar-refractivity contribution in [2.75, 3.05) is 0 Å². The van der Waals surface area contributed by atoms with Gasteiger partial charge in [0.1, 0.15) is 5.75 Å². The van der Waals surface area contributed by atoms with Crippen LogP contribution in [-0.4, -0.2) is 21.7 Å². The van der Waals surface area contributed by atoms with E-state index in [-0.39, 0.29) is 11.3 Å². The van der Waals surface area contributed by atoms with Crippen LogP contribution in [0.15, 0.2) is 65.8 Å². The first-order chi connectivity index (χ1) is 11.1. The molecule has 0 aliphatic heterocycles. The van der Waals surface area contributed by atoms with E-state index in [1.807, 2.05) is 36.4 Å². The Morgan fingerprint density at radius 3 is 2.61 bits per heavy atom. The molecule has 0 bridgehead atoms. The van der Waals surface area contributed by atoms with E-state index in [0.29, 0.717) is 11.4 Å². The molecule has 0 aliphatic carbocycles. The van der Waals surface area contributed by atoms with Gasteiger partial charge in [-0.15, -0.1) is 0 Å². The summed E-state index contributed by atoms with van der Waals surface area (Å²) in [6.45, 7) is 1.77. The lowest BCUT2D eigenvalue weighted by Crippen LogP contribution is -2.19. The smallest absolute Gasteiger partial charge is 0.275 e. The lowest BCUT2D eigenvalue weighted by molar-refractivity contribution is 0.0952. The third-order valence-electron chi connectivity index (χ3n) is 3.44. The Kier molecular flexibility index (Phi) is 4.01. The largest absolute Gasteiger partial charge is 0.507 e. The predicted molar refractivity (Wildman–Crippen MR) is 89.5 cm³/mol. The molecular weight excluding hydrogens is 290 g/mol. The summed E-state index contributed by atoms with van der Waals surface area (Å²) in [5, 5.41) is 14.8. The second-order valence-electron chi connectivity index (χ2n) is 5.04. The molecule has 0 atom stereocenters. The number of fused-ring (bicyclic) bond motifs is 1. The minimum absolute atomic E-state index is 0.0818. The minimum atomic E-state index is -0.469. The first kappa shape index (κ1) is 14.7. The third kappa shape index (κ3) is 3.18. The number of phenols is 1. The molecule has 23 heavy (non-hydrogen) atoms. The summed E-state index contributed by atoms with van der Waals surface area (Å²) in [4.78, 5) is 16.5. The summed E-state index contributed by atoms with van der Waals surface area (Å²) in [6.07, 6.45) is 0. The molecule has 5 nitrogen and oxygen atoms in total. The van der Waals surface area contributed by atoms with Gasteiger partial charge >= 0.3 is 0 Å². The first-order valence-electron chi connectivity index (χ1n) is 7.14. The Hall–Kier alpha value is -3.21. The maximum absolute atomic E-state index is 12.0. The van der Waals surface area contributed by atoms with Gasteiger partial charge in [-0.05, 0) is 31.2 Å². The van der Waals surface area contributed by atoms with Crippen molar-refractivity contribution in [3.8, 4) is 5.75 Å². The molecule has 114 valence electrons. The van der Waals surface area contributed by atoms with Gasteiger partial charge in [0, 0.05) is 5.39 Å². The minimum Gasteiger partial charge on any atom is -0.507 e. The van der Waals surface area contributed by atoms with E-state index in [2.05, 4.69) is 15.5 Å². The van der Waals surface area contributed by atoms with Crippen molar-refractivity contribution in [1.82, 2.24) is 10.4 Å². The van der Waals surface area contributed by atoms with Crippen LogP contribution in [0.4, 0.5) is 0 Å². The van der Waals surface area contributed by atoms with E-state index in [9.17, 15) is 9.90 Å². The van der Waals surface area contributed by atoms with E-state index >= 15 is 0 Å². The Morgan fingerprint density at radius 1 is 1.04 bits per heavy atom. The highest BCUT2D eigenvalue weighted by atomic mass is 16.3. The number of pyridine rings is 1. The van der Waals surface area contributed by atoms with Crippen molar-refractivity contribution in [3.05, 3.63) is 71.9 Å². The number of benzene rings is 2. The zero-order valence-electron chi connectivity index (χ0n) is 12.5. The van der Waals surface area contributed by atoms with Gasteiger partial charge in [0.25, 0.3) is 5.91 Å². The maximum Gasteiger partial charge on any atom is 0.275 e. The topological polar surface area (TPSA) is 74.6 Å². The number of hydrogen-bond acceptors (Lipinski definition) is 4. The Bertz CT molecular complexity index is 903. The summed E-state index contributed by atoms with van der Waals surface area (Å²) in [5.74, 6) is -0.551. The Balaban J connectivity index is 1.81. The fourth-order valence-electron chi connectivity index (χ4n) is 2.19. The molecule has 0 aliphatic rings. The maximum atomic E-state index is 12.0. The van der Waals surface area contributed by atoms with E-state index in [1.54, 1.807) is 19.1 Å². The van der Waals surface area contributed by atoms with E-state index in [4.69, 9.17) is 0 Å². The van der Waals surface area contributed by atoms with E-state index < -0.39 is 5.91 Å². The van der Waals surface area contributed by atoms with Crippen LogP contribution in [-0.2, 0) is 0 Å². The third-order valence-corrected chi connectivity index (χ3v) is 3.44. The van der Waals surface area contributed by atoms with Crippen molar-refractivity contribution in [2.45, 2.75) is 6.92 Å². The molecule has 1 aromatic heterocycles. The van der Waals surface area contributed by atoms with Gasteiger partial charge in [-0.3, -0.25) is 4.79 Å². The number of rotatable bonds is 3. The van der Waals surface area contributed by atoms with E-state index in [1.165, 1.54) is 12.1 Å². The zero-order chi connectivity index (χ0) is 16.2. The molecule has 2 aromatic carbocycles. The van der Waals surface area contributed by atoms with Crippen LogP contribution in [0.3, 0.4) is 0 Å². The number of para-hydroxylation sites is 2.